The van der Waals surface area contributed by atoms with Gasteiger partial charge in [0.15, 0.2) is 0 Å². The molecule has 0 spiro atoms. The van der Waals surface area contributed by atoms with Crippen LogP contribution < -0.4 is 5.30 Å². The molecule has 0 atom stereocenters. The molecule has 0 heterocycles. The second-order valence-electron chi connectivity index (χ2n) is 2.94. The third kappa shape index (κ3) is 2.42. The summed E-state index contributed by atoms with van der Waals surface area (Å²) < 4.78 is 0. The zero-order chi connectivity index (χ0) is 9.68. The smallest absolute Gasteiger partial charge is 0.0169 e. The molecule has 1 heteroatoms. The Hall–Kier alpha value is -0.610. The Morgan fingerprint density at radius 1 is 1.23 bits per heavy atom. The molecule has 1 aromatic rings. The Bertz CT molecular complexity index is 274. The molecule has 0 saturated carbocycles. The van der Waals surface area contributed by atoms with Gasteiger partial charge in [-0.3, -0.25) is 0 Å². The summed E-state index contributed by atoms with van der Waals surface area (Å²) in [6.45, 7) is 8.40. The van der Waals surface area contributed by atoms with E-state index >= 15 is 0 Å². The number of hydrogen-bond donors (Lipinski definition) is 0. The lowest BCUT2D eigenvalue weighted by molar-refractivity contribution is 1.42. The number of rotatable bonds is 4. The van der Waals surface area contributed by atoms with E-state index in [2.05, 4.69) is 44.7 Å². The van der Waals surface area contributed by atoms with Crippen molar-refractivity contribution in [2.75, 3.05) is 12.3 Å². The van der Waals surface area contributed by atoms with Crippen LogP contribution in [0.5, 0.6) is 0 Å². The van der Waals surface area contributed by atoms with E-state index in [4.69, 9.17) is 0 Å². The van der Waals surface area contributed by atoms with Crippen molar-refractivity contribution in [3.63, 3.8) is 0 Å². The highest BCUT2D eigenvalue weighted by molar-refractivity contribution is 7.65. The van der Waals surface area contributed by atoms with Crippen molar-refractivity contribution in [3.8, 4) is 0 Å². The van der Waals surface area contributed by atoms with Gasteiger partial charge in [-0.15, -0.1) is 0 Å². The molecule has 0 N–H and O–H groups in total. The quantitative estimate of drug-likeness (QED) is 0.641. The van der Waals surface area contributed by atoms with Crippen LogP contribution in [-0.4, -0.2) is 12.3 Å². The summed E-state index contributed by atoms with van der Waals surface area (Å²) in [6.07, 6.45) is 4.52. The summed E-state index contributed by atoms with van der Waals surface area (Å²) in [4.78, 5) is 0. The van der Waals surface area contributed by atoms with Gasteiger partial charge >= 0.3 is 0 Å². The molecule has 0 aliphatic rings. The van der Waals surface area contributed by atoms with Gasteiger partial charge in [0.25, 0.3) is 0 Å². The summed E-state index contributed by atoms with van der Waals surface area (Å²) in [7, 11) is 0.0508. The monoisotopic (exact) mass is 192 g/mol. The van der Waals surface area contributed by atoms with Crippen LogP contribution in [0.4, 0.5) is 0 Å². The van der Waals surface area contributed by atoms with Crippen molar-refractivity contribution in [2.24, 2.45) is 0 Å². The van der Waals surface area contributed by atoms with E-state index in [1.165, 1.54) is 23.2 Å². The van der Waals surface area contributed by atoms with E-state index in [-0.39, 0.29) is 7.92 Å². The third-order valence-electron chi connectivity index (χ3n) is 2.26. The average Bonchev–Trinajstić information content (AvgIpc) is 2.20. The highest BCUT2D eigenvalue weighted by Gasteiger charge is 2.07. The third-order valence-corrected chi connectivity index (χ3v) is 4.88. The standard InChI is InChI=1S/C12H17P/c1-4-11-9-7-8-10-12(11)13(5-2)6-3/h4,7-10H,1,5-6H2,2-3H3. The van der Waals surface area contributed by atoms with Crippen molar-refractivity contribution in [1.29, 1.82) is 0 Å². The summed E-state index contributed by atoms with van der Waals surface area (Å²) in [6, 6.07) is 8.61. The molecule has 0 fully saturated rings. The molecule has 0 amide bonds. The molecular weight excluding hydrogens is 175 g/mol. The summed E-state index contributed by atoms with van der Waals surface area (Å²) in [5, 5.41) is 1.51. The number of hydrogen-bond acceptors (Lipinski definition) is 0. The van der Waals surface area contributed by atoms with Crippen LogP contribution in [0.1, 0.15) is 19.4 Å². The largest absolute Gasteiger partial charge is 0.0984 e. The second kappa shape index (κ2) is 5.19. The van der Waals surface area contributed by atoms with Gasteiger partial charge < -0.3 is 0 Å². The first kappa shape index (κ1) is 10.5. The lowest BCUT2D eigenvalue weighted by Gasteiger charge is -2.15. The molecule has 70 valence electrons. The minimum atomic E-state index is 0.0508. The Morgan fingerprint density at radius 2 is 1.85 bits per heavy atom. The maximum Gasteiger partial charge on any atom is -0.0169 e. The van der Waals surface area contributed by atoms with Crippen LogP contribution in [0.3, 0.4) is 0 Å². The van der Waals surface area contributed by atoms with Crippen LogP contribution in [-0.2, 0) is 0 Å². The Balaban J connectivity index is 3.03. The van der Waals surface area contributed by atoms with Gasteiger partial charge in [-0.05, 0) is 23.2 Å². The zero-order valence-corrected chi connectivity index (χ0v) is 9.35. The first-order valence-corrected chi connectivity index (χ1v) is 6.51. The van der Waals surface area contributed by atoms with Gasteiger partial charge in [0.05, 0.1) is 0 Å². The van der Waals surface area contributed by atoms with Crippen molar-refractivity contribution >= 4 is 19.3 Å². The molecule has 0 saturated heterocycles. The Kier molecular flexibility index (Phi) is 4.18. The van der Waals surface area contributed by atoms with Gasteiger partial charge in [0.2, 0.25) is 0 Å². The molecule has 0 nitrogen and oxygen atoms in total. The van der Waals surface area contributed by atoms with Crippen LogP contribution >= 0.6 is 7.92 Å². The van der Waals surface area contributed by atoms with Crippen molar-refractivity contribution < 1.29 is 0 Å². The van der Waals surface area contributed by atoms with Crippen molar-refractivity contribution in [3.05, 3.63) is 36.4 Å². The molecule has 0 aliphatic heterocycles. The highest BCUT2D eigenvalue weighted by Crippen LogP contribution is 2.34. The Labute approximate surface area is 82.4 Å². The minimum Gasteiger partial charge on any atom is -0.0984 e. The lowest BCUT2D eigenvalue weighted by Crippen LogP contribution is -2.07. The lowest BCUT2D eigenvalue weighted by atomic mass is 10.2. The van der Waals surface area contributed by atoms with Gasteiger partial charge in [-0.25, -0.2) is 0 Å². The van der Waals surface area contributed by atoms with E-state index in [9.17, 15) is 0 Å². The van der Waals surface area contributed by atoms with Gasteiger partial charge in [0.1, 0.15) is 0 Å². The predicted molar refractivity (Wildman–Crippen MR) is 64.2 cm³/mol. The maximum absolute atomic E-state index is 3.85. The zero-order valence-electron chi connectivity index (χ0n) is 8.46. The highest BCUT2D eigenvalue weighted by atomic mass is 31.1. The summed E-state index contributed by atoms with van der Waals surface area (Å²) in [5.74, 6) is 0. The average molecular weight is 192 g/mol. The molecule has 0 radical (unpaired) electrons. The summed E-state index contributed by atoms with van der Waals surface area (Å²) >= 11 is 0. The second-order valence-corrected chi connectivity index (χ2v) is 5.76. The van der Waals surface area contributed by atoms with E-state index in [0.717, 1.165) is 0 Å². The molecule has 0 aliphatic carbocycles. The fraction of sp³-hybridized carbons (Fsp3) is 0.333. The topological polar surface area (TPSA) is 0 Å². The van der Waals surface area contributed by atoms with Gasteiger partial charge in [-0.1, -0.05) is 58.7 Å². The molecule has 0 unspecified atom stereocenters. The molecule has 0 aromatic heterocycles. The van der Waals surface area contributed by atoms with Gasteiger partial charge in [-0.2, -0.15) is 0 Å². The fourth-order valence-corrected chi connectivity index (χ4v) is 3.47. The molecular formula is C12H17P. The SMILES string of the molecule is C=Cc1ccccc1P(CC)CC. The van der Waals surface area contributed by atoms with Crippen molar-refractivity contribution in [2.45, 2.75) is 13.8 Å². The van der Waals surface area contributed by atoms with Crippen LogP contribution in [0.25, 0.3) is 6.08 Å². The van der Waals surface area contributed by atoms with Gasteiger partial charge in [0, 0.05) is 0 Å². The van der Waals surface area contributed by atoms with Crippen LogP contribution in [0.15, 0.2) is 30.8 Å². The molecule has 0 bridgehead atoms. The van der Waals surface area contributed by atoms with E-state index in [1.807, 2.05) is 6.08 Å². The first-order valence-electron chi connectivity index (χ1n) is 4.79. The van der Waals surface area contributed by atoms with Crippen LogP contribution in [0, 0.1) is 0 Å². The molecule has 13 heavy (non-hydrogen) atoms. The maximum atomic E-state index is 3.85. The molecule has 1 rings (SSSR count). The Morgan fingerprint density at radius 3 is 2.38 bits per heavy atom. The first-order chi connectivity index (χ1) is 6.33. The van der Waals surface area contributed by atoms with E-state index < -0.39 is 0 Å². The van der Waals surface area contributed by atoms with E-state index in [1.54, 1.807) is 0 Å². The molecule has 1 aromatic carbocycles. The number of benzene rings is 1. The minimum absolute atomic E-state index is 0.0508. The normalized spacial score (nSPS) is 10.4. The van der Waals surface area contributed by atoms with Crippen LogP contribution in [0.2, 0.25) is 0 Å². The summed E-state index contributed by atoms with van der Waals surface area (Å²) in [5.41, 5.74) is 1.32. The van der Waals surface area contributed by atoms with Crippen molar-refractivity contribution in [1.82, 2.24) is 0 Å². The van der Waals surface area contributed by atoms with E-state index in [0.29, 0.717) is 0 Å². The fourth-order valence-electron chi connectivity index (χ4n) is 1.51. The predicted octanol–water partition coefficient (Wildman–Crippen LogP) is 3.48.